The summed E-state index contributed by atoms with van der Waals surface area (Å²) >= 11 is 0. The number of hydrogen-bond donors (Lipinski definition) is 1. The maximum Gasteiger partial charge on any atom is 0.410 e. The van der Waals surface area contributed by atoms with E-state index in [0.29, 0.717) is 19.2 Å². The van der Waals surface area contributed by atoms with E-state index in [1.807, 2.05) is 25.7 Å². The number of fused-ring (bicyclic) bond motifs is 4. The average molecular weight is 473 g/mol. The summed E-state index contributed by atoms with van der Waals surface area (Å²) in [5.74, 6) is 1.01. The van der Waals surface area contributed by atoms with E-state index in [-0.39, 0.29) is 23.6 Å². The van der Waals surface area contributed by atoms with E-state index in [1.165, 1.54) is 18.4 Å². The van der Waals surface area contributed by atoms with E-state index >= 15 is 0 Å². The maximum atomic E-state index is 12.8. The number of carbonyl (C=O) groups excluding carboxylic acids is 1. The van der Waals surface area contributed by atoms with E-state index in [9.17, 15) is 4.79 Å². The molecule has 188 valence electrons. The molecular formula is C25H40N6O3. The minimum atomic E-state index is -0.482. The highest BCUT2D eigenvalue weighted by Crippen LogP contribution is 2.46. The van der Waals surface area contributed by atoms with E-state index in [1.54, 1.807) is 0 Å². The first-order chi connectivity index (χ1) is 16.1. The number of amides is 1. The molecule has 0 spiro atoms. The third-order valence-corrected chi connectivity index (χ3v) is 7.44. The number of ether oxygens (including phenoxy) is 2. The Kier molecular flexibility index (Phi) is 6.13. The van der Waals surface area contributed by atoms with Gasteiger partial charge in [0.2, 0.25) is 0 Å². The molecule has 0 radical (unpaired) electrons. The SMILES string of the molecule is CN(C)CC1(COc2nc3c(c(N4C[C@@H]5CC[C@H]4CN5C(=O)OC(C)(C)C)n2)CCNC3)CC1. The molecule has 5 aliphatic rings. The monoisotopic (exact) mass is 472 g/mol. The number of rotatable bonds is 6. The van der Waals surface area contributed by atoms with Crippen molar-refractivity contribution in [3.8, 4) is 6.01 Å². The summed E-state index contributed by atoms with van der Waals surface area (Å²) in [7, 11) is 4.23. The maximum absolute atomic E-state index is 12.8. The molecule has 0 aromatic carbocycles. The smallest absolute Gasteiger partial charge is 0.410 e. The van der Waals surface area contributed by atoms with Crippen LogP contribution in [-0.4, -0.2) is 90.4 Å². The van der Waals surface area contributed by atoms with Crippen molar-refractivity contribution in [2.75, 3.05) is 51.8 Å². The van der Waals surface area contributed by atoms with Crippen LogP contribution in [0.15, 0.2) is 0 Å². The molecule has 1 aliphatic carbocycles. The van der Waals surface area contributed by atoms with Gasteiger partial charge in [0, 0.05) is 43.2 Å². The van der Waals surface area contributed by atoms with Gasteiger partial charge in [-0.2, -0.15) is 9.97 Å². The van der Waals surface area contributed by atoms with Crippen molar-refractivity contribution in [2.45, 2.75) is 77.1 Å². The van der Waals surface area contributed by atoms with Crippen LogP contribution in [0.5, 0.6) is 6.01 Å². The van der Waals surface area contributed by atoms with Gasteiger partial charge in [-0.15, -0.1) is 0 Å². The fourth-order valence-electron chi connectivity index (χ4n) is 5.66. The lowest BCUT2D eigenvalue weighted by atomic mass is 9.90. The van der Waals surface area contributed by atoms with Crippen LogP contribution in [0, 0.1) is 5.41 Å². The zero-order valence-corrected chi connectivity index (χ0v) is 21.4. The fraction of sp³-hybridized carbons (Fsp3) is 0.800. The molecule has 9 nitrogen and oxygen atoms in total. The van der Waals surface area contributed by atoms with Gasteiger partial charge in [-0.25, -0.2) is 4.79 Å². The summed E-state index contributed by atoms with van der Waals surface area (Å²) in [5, 5.41) is 3.45. The third kappa shape index (κ3) is 4.96. The summed E-state index contributed by atoms with van der Waals surface area (Å²) in [5.41, 5.74) is 2.04. The number of piperidine rings is 2. The van der Waals surface area contributed by atoms with E-state index < -0.39 is 5.60 Å². The van der Waals surface area contributed by atoms with Gasteiger partial charge >= 0.3 is 12.1 Å². The van der Waals surface area contributed by atoms with Crippen molar-refractivity contribution in [3.05, 3.63) is 11.3 Å². The molecule has 2 atom stereocenters. The van der Waals surface area contributed by atoms with E-state index in [4.69, 9.17) is 19.4 Å². The highest BCUT2D eigenvalue weighted by molar-refractivity contribution is 5.70. The number of nitrogens with one attached hydrogen (secondary N) is 1. The van der Waals surface area contributed by atoms with Crippen molar-refractivity contribution in [3.63, 3.8) is 0 Å². The highest BCUT2D eigenvalue weighted by Gasteiger charge is 2.45. The molecule has 4 fully saturated rings. The van der Waals surface area contributed by atoms with Crippen LogP contribution in [0.2, 0.25) is 0 Å². The van der Waals surface area contributed by atoms with Crippen LogP contribution in [0.3, 0.4) is 0 Å². The third-order valence-electron chi connectivity index (χ3n) is 7.44. The molecule has 1 saturated carbocycles. The van der Waals surface area contributed by atoms with E-state index in [0.717, 1.165) is 57.0 Å². The average Bonchev–Trinajstić information content (AvgIpc) is 3.55. The van der Waals surface area contributed by atoms with Gasteiger partial charge in [0.15, 0.2) is 0 Å². The number of aromatic nitrogens is 2. The molecule has 1 aromatic rings. The predicted molar refractivity (Wildman–Crippen MR) is 130 cm³/mol. The second-order valence-corrected chi connectivity index (χ2v) is 11.9. The second-order valence-electron chi connectivity index (χ2n) is 11.9. The topological polar surface area (TPSA) is 83.1 Å². The summed E-state index contributed by atoms with van der Waals surface area (Å²) < 4.78 is 11.9. The molecule has 6 rings (SSSR count). The molecule has 9 heteroatoms. The van der Waals surface area contributed by atoms with Gasteiger partial charge < -0.3 is 29.5 Å². The molecule has 34 heavy (non-hydrogen) atoms. The minimum Gasteiger partial charge on any atom is -0.463 e. The summed E-state index contributed by atoms with van der Waals surface area (Å²) in [6, 6.07) is 0.877. The van der Waals surface area contributed by atoms with Crippen LogP contribution in [0.1, 0.15) is 57.7 Å². The number of hydrogen-bond acceptors (Lipinski definition) is 8. The molecule has 1 aromatic heterocycles. The van der Waals surface area contributed by atoms with Crippen molar-refractivity contribution in [1.82, 2.24) is 25.1 Å². The predicted octanol–water partition coefficient (Wildman–Crippen LogP) is 2.43. The quantitative estimate of drug-likeness (QED) is 0.676. The van der Waals surface area contributed by atoms with Gasteiger partial charge in [-0.3, -0.25) is 0 Å². The van der Waals surface area contributed by atoms with Crippen LogP contribution in [0.25, 0.3) is 0 Å². The largest absolute Gasteiger partial charge is 0.463 e. The first kappa shape index (κ1) is 23.6. The number of nitrogens with zero attached hydrogens (tertiary/aromatic N) is 5. The number of anilines is 1. The Hall–Kier alpha value is -2.13. The van der Waals surface area contributed by atoms with Crippen LogP contribution in [0.4, 0.5) is 10.6 Å². The molecule has 1 amide bonds. The van der Waals surface area contributed by atoms with Crippen molar-refractivity contribution < 1.29 is 14.3 Å². The van der Waals surface area contributed by atoms with Crippen molar-refractivity contribution >= 4 is 11.9 Å². The fourth-order valence-corrected chi connectivity index (χ4v) is 5.66. The Morgan fingerprint density at radius 2 is 1.94 bits per heavy atom. The Morgan fingerprint density at radius 1 is 1.18 bits per heavy atom. The Labute approximate surface area is 203 Å². The zero-order valence-electron chi connectivity index (χ0n) is 21.4. The summed E-state index contributed by atoms with van der Waals surface area (Å²) in [6.45, 7) is 10.6. The lowest BCUT2D eigenvalue weighted by molar-refractivity contribution is 0.000732. The lowest BCUT2D eigenvalue weighted by Crippen LogP contribution is -2.65. The summed E-state index contributed by atoms with van der Waals surface area (Å²) in [4.78, 5) is 29.2. The Bertz CT molecular complexity index is 926. The van der Waals surface area contributed by atoms with Gasteiger partial charge in [0.1, 0.15) is 11.4 Å². The molecular weight excluding hydrogens is 432 g/mol. The lowest BCUT2D eigenvalue weighted by Gasteiger charge is -2.52. The number of carbonyl (C=O) groups is 1. The zero-order chi connectivity index (χ0) is 24.1. The highest BCUT2D eigenvalue weighted by atomic mass is 16.6. The van der Waals surface area contributed by atoms with Gasteiger partial charge in [-0.05, 0) is 73.5 Å². The molecule has 2 bridgehead atoms. The van der Waals surface area contributed by atoms with Crippen LogP contribution in [-0.2, 0) is 17.7 Å². The molecule has 4 aliphatic heterocycles. The summed E-state index contributed by atoms with van der Waals surface area (Å²) in [6.07, 6.45) is 5.17. The molecule has 0 unspecified atom stereocenters. The molecule has 5 heterocycles. The Balaban J connectivity index is 1.35. The molecule has 1 N–H and O–H groups in total. The number of piperazine rings is 1. The van der Waals surface area contributed by atoms with E-state index in [2.05, 4.69) is 29.2 Å². The van der Waals surface area contributed by atoms with Crippen molar-refractivity contribution in [2.24, 2.45) is 5.41 Å². The van der Waals surface area contributed by atoms with Gasteiger partial charge in [-0.1, -0.05) is 0 Å². The first-order valence-corrected chi connectivity index (χ1v) is 12.8. The minimum absolute atomic E-state index is 0.145. The van der Waals surface area contributed by atoms with Crippen LogP contribution < -0.4 is 15.0 Å². The van der Waals surface area contributed by atoms with Gasteiger partial charge in [0.05, 0.1) is 18.3 Å². The normalized spacial score (nSPS) is 25.4. The standard InChI is InChI=1S/C25H40N6O3/c1-24(2,3)34-23(32)31-14-17-6-7-18(31)13-30(17)21-19-8-11-26-12-20(19)27-22(28-21)33-16-25(9-10-25)15-29(4)5/h17-18,26H,6-16H2,1-5H3/t17-,18-/m0/s1. The first-order valence-electron chi connectivity index (χ1n) is 12.8. The van der Waals surface area contributed by atoms with Crippen molar-refractivity contribution in [1.29, 1.82) is 0 Å². The second kappa shape index (κ2) is 8.82. The Morgan fingerprint density at radius 3 is 2.59 bits per heavy atom. The molecule has 3 saturated heterocycles. The van der Waals surface area contributed by atoms with Gasteiger partial charge in [0.25, 0.3) is 0 Å². The van der Waals surface area contributed by atoms with Crippen LogP contribution >= 0.6 is 0 Å².